The van der Waals surface area contributed by atoms with E-state index in [2.05, 4.69) is 87.1 Å². The number of hydrogen-bond donors (Lipinski definition) is 0. The van der Waals surface area contributed by atoms with E-state index in [1.165, 1.54) is 34.0 Å². The lowest BCUT2D eigenvalue weighted by Crippen LogP contribution is -2.11. The molecule has 1 unspecified atom stereocenters. The fourth-order valence-corrected chi connectivity index (χ4v) is 3.85. The molecule has 3 heteroatoms. The second kappa shape index (κ2) is 6.91. The van der Waals surface area contributed by atoms with Crippen molar-refractivity contribution in [3.05, 3.63) is 70.4 Å². The minimum Gasteiger partial charge on any atom is -0.346 e. The number of hydrogen-bond acceptors (Lipinski definition) is 1. The fraction of sp³-hybridized carbons (Fsp3) is 0.409. The molecule has 3 aromatic heterocycles. The predicted molar refractivity (Wildman–Crippen MR) is 105 cm³/mol. The fourth-order valence-electron chi connectivity index (χ4n) is 3.85. The van der Waals surface area contributed by atoms with Gasteiger partial charge in [-0.3, -0.25) is 0 Å². The molecule has 0 spiro atoms. The molecule has 0 aliphatic rings. The first kappa shape index (κ1) is 17.5. The van der Waals surface area contributed by atoms with Crippen LogP contribution < -0.4 is 0 Å². The summed E-state index contributed by atoms with van der Waals surface area (Å²) < 4.78 is 4.66. The van der Waals surface area contributed by atoms with Crippen LogP contribution in [0, 0.1) is 34.6 Å². The highest BCUT2D eigenvalue weighted by atomic mass is 15.1. The molecule has 3 nitrogen and oxygen atoms in total. The lowest BCUT2D eigenvalue weighted by molar-refractivity contribution is 0.488. The Morgan fingerprint density at radius 3 is 2.00 bits per heavy atom. The van der Waals surface area contributed by atoms with Crippen LogP contribution in [0.1, 0.15) is 53.4 Å². The summed E-state index contributed by atoms with van der Waals surface area (Å²) in [6.07, 6.45) is 2.09. The molecule has 0 aromatic carbocycles. The molecular formula is C22H29N3. The van der Waals surface area contributed by atoms with E-state index in [1.807, 2.05) is 0 Å². The molecule has 0 aliphatic carbocycles. The van der Waals surface area contributed by atoms with Gasteiger partial charge in [0.2, 0.25) is 0 Å². The maximum Gasteiger partial charge on any atom is 0.137 e. The Labute approximate surface area is 151 Å². The van der Waals surface area contributed by atoms with Gasteiger partial charge in [0.05, 0.1) is 0 Å². The summed E-state index contributed by atoms with van der Waals surface area (Å²) in [5, 5.41) is 0. The molecule has 132 valence electrons. The van der Waals surface area contributed by atoms with Gasteiger partial charge in [0.15, 0.2) is 0 Å². The Kier molecular flexibility index (Phi) is 4.85. The molecule has 3 aromatic rings. The van der Waals surface area contributed by atoms with Crippen molar-refractivity contribution in [1.29, 1.82) is 0 Å². The van der Waals surface area contributed by atoms with Crippen LogP contribution in [0.2, 0.25) is 0 Å². The molecule has 3 heterocycles. The number of aryl methyl sites for hydroxylation is 6. The third-order valence-corrected chi connectivity index (χ3v) is 5.09. The van der Waals surface area contributed by atoms with Crippen LogP contribution in [0.4, 0.5) is 0 Å². The van der Waals surface area contributed by atoms with Gasteiger partial charge in [0, 0.05) is 34.5 Å². The smallest absolute Gasteiger partial charge is 0.137 e. The summed E-state index contributed by atoms with van der Waals surface area (Å²) in [5.74, 6) is 1.04. The first-order chi connectivity index (χ1) is 11.9. The Hall–Kier alpha value is -2.29. The second-order valence-electron chi connectivity index (χ2n) is 7.32. The SMILES string of the molecule is Cc1cc(CCC(C)n2c(C)ccc2C)nc(-n2c(C)ccc2C)c1. The minimum absolute atomic E-state index is 0.482. The quantitative estimate of drug-likeness (QED) is 0.611. The van der Waals surface area contributed by atoms with Crippen LogP contribution in [-0.4, -0.2) is 14.1 Å². The molecule has 0 aliphatic heterocycles. The van der Waals surface area contributed by atoms with Crippen molar-refractivity contribution >= 4 is 0 Å². The van der Waals surface area contributed by atoms with Crippen molar-refractivity contribution in [3.8, 4) is 5.82 Å². The van der Waals surface area contributed by atoms with E-state index in [0.717, 1.165) is 18.7 Å². The van der Waals surface area contributed by atoms with Gasteiger partial charge in [0.1, 0.15) is 5.82 Å². The van der Waals surface area contributed by atoms with Gasteiger partial charge < -0.3 is 9.13 Å². The van der Waals surface area contributed by atoms with E-state index in [1.54, 1.807) is 0 Å². The van der Waals surface area contributed by atoms with Gasteiger partial charge in [0.25, 0.3) is 0 Å². The number of rotatable bonds is 5. The molecule has 0 N–H and O–H groups in total. The molecule has 3 rings (SSSR count). The average molecular weight is 335 g/mol. The zero-order valence-electron chi connectivity index (χ0n) is 16.3. The molecule has 25 heavy (non-hydrogen) atoms. The topological polar surface area (TPSA) is 22.8 Å². The third kappa shape index (κ3) is 3.55. The van der Waals surface area contributed by atoms with Gasteiger partial charge in [-0.05, 0) is 96.3 Å². The molecule has 1 atom stereocenters. The summed E-state index contributed by atoms with van der Waals surface area (Å²) >= 11 is 0. The lowest BCUT2D eigenvalue weighted by Gasteiger charge is -2.19. The zero-order chi connectivity index (χ0) is 18.1. The number of aromatic nitrogens is 3. The van der Waals surface area contributed by atoms with Gasteiger partial charge in [-0.25, -0.2) is 4.98 Å². The third-order valence-electron chi connectivity index (χ3n) is 5.09. The van der Waals surface area contributed by atoms with Crippen molar-refractivity contribution in [3.63, 3.8) is 0 Å². The van der Waals surface area contributed by atoms with E-state index < -0.39 is 0 Å². The second-order valence-corrected chi connectivity index (χ2v) is 7.32. The van der Waals surface area contributed by atoms with Gasteiger partial charge in [-0.1, -0.05) is 0 Å². The highest BCUT2D eigenvalue weighted by Crippen LogP contribution is 2.22. The monoisotopic (exact) mass is 335 g/mol. The summed E-state index contributed by atoms with van der Waals surface area (Å²) in [6, 6.07) is 13.6. The van der Waals surface area contributed by atoms with Crippen LogP contribution in [0.15, 0.2) is 36.4 Å². The Bertz CT molecular complexity index is 844. The predicted octanol–water partition coefficient (Wildman–Crippen LogP) is 5.41. The van der Waals surface area contributed by atoms with Crippen molar-refractivity contribution < 1.29 is 0 Å². The van der Waals surface area contributed by atoms with Crippen LogP contribution in [0.3, 0.4) is 0 Å². The normalized spacial score (nSPS) is 12.6. The number of nitrogens with zero attached hydrogens (tertiary/aromatic N) is 3. The highest BCUT2D eigenvalue weighted by molar-refractivity contribution is 5.35. The number of pyridine rings is 1. The van der Waals surface area contributed by atoms with Crippen LogP contribution in [-0.2, 0) is 6.42 Å². The molecule has 0 saturated heterocycles. The van der Waals surface area contributed by atoms with Crippen molar-refractivity contribution in [2.45, 2.75) is 60.4 Å². The lowest BCUT2D eigenvalue weighted by atomic mass is 10.1. The maximum atomic E-state index is 4.95. The summed E-state index contributed by atoms with van der Waals surface area (Å²) in [5.41, 5.74) is 7.58. The Balaban J connectivity index is 1.82. The largest absolute Gasteiger partial charge is 0.346 e. The van der Waals surface area contributed by atoms with E-state index in [4.69, 9.17) is 4.98 Å². The minimum atomic E-state index is 0.482. The molecular weight excluding hydrogens is 306 g/mol. The standard InChI is InChI=1S/C22H29N3/c1-15-13-21(12-11-18(4)24-16(2)7-8-17(24)3)23-22(14-15)25-19(5)9-10-20(25)6/h7-10,13-14,18H,11-12H2,1-6H3. The van der Waals surface area contributed by atoms with E-state index in [0.29, 0.717) is 6.04 Å². The molecule has 0 saturated carbocycles. The summed E-state index contributed by atoms with van der Waals surface area (Å²) in [4.78, 5) is 4.95. The van der Waals surface area contributed by atoms with Gasteiger partial charge in [-0.2, -0.15) is 0 Å². The molecule has 0 bridgehead atoms. The Morgan fingerprint density at radius 1 is 0.840 bits per heavy atom. The first-order valence-electron chi connectivity index (χ1n) is 9.14. The molecule has 0 amide bonds. The van der Waals surface area contributed by atoms with E-state index in [-0.39, 0.29) is 0 Å². The summed E-state index contributed by atoms with van der Waals surface area (Å²) in [7, 11) is 0. The van der Waals surface area contributed by atoms with Crippen LogP contribution in [0.5, 0.6) is 0 Å². The first-order valence-corrected chi connectivity index (χ1v) is 9.14. The van der Waals surface area contributed by atoms with Crippen molar-refractivity contribution in [2.24, 2.45) is 0 Å². The molecule has 0 radical (unpaired) electrons. The Morgan fingerprint density at radius 2 is 1.40 bits per heavy atom. The van der Waals surface area contributed by atoms with Gasteiger partial charge >= 0.3 is 0 Å². The summed E-state index contributed by atoms with van der Waals surface area (Å²) in [6.45, 7) is 13.1. The maximum absolute atomic E-state index is 4.95. The van der Waals surface area contributed by atoms with Gasteiger partial charge in [-0.15, -0.1) is 0 Å². The van der Waals surface area contributed by atoms with Crippen LogP contribution in [0.25, 0.3) is 5.82 Å². The van der Waals surface area contributed by atoms with Crippen molar-refractivity contribution in [1.82, 2.24) is 14.1 Å². The van der Waals surface area contributed by atoms with Crippen molar-refractivity contribution in [2.75, 3.05) is 0 Å². The highest BCUT2D eigenvalue weighted by Gasteiger charge is 2.12. The zero-order valence-corrected chi connectivity index (χ0v) is 16.3. The van der Waals surface area contributed by atoms with E-state index >= 15 is 0 Å². The van der Waals surface area contributed by atoms with E-state index in [9.17, 15) is 0 Å². The molecule has 0 fully saturated rings. The van der Waals surface area contributed by atoms with Crippen LogP contribution >= 0.6 is 0 Å². The average Bonchev–Trinajstić information content (AvgIpc) is 3.06.